The fourth-order valence-corrected chi connectivity index (χ4v) is 2.58. The molecule has 0 heterocycles. The Morgan fingerprint density at radius 1 is 1.36 bits per heavy atom. The van der Waals surface area contributed by atoms with E-state index in [1.165, 1.54) is 38.5 Å². The van der Waals surface area contributed by atoms with Crippen molar-refractivity contribution in [2.24, 2.45) is 11.8 Å². The van der Waals surface area contributed by atoms with Gasteiger partial charge in [0.25, 0.3) is 0 Å². The summed E-state index contributed by atoms with van der Waals surface area (Å²) in [6.07, 6.45) is 11.2. The second-order valence-electron chi connectivity index (χ2n) is 4.30. The van der Waals surface area contributed by atoms with Gasteiger partial charge in [-0.3, -0.25) is 0 Å². The minimum atomic E-state index is 0.960. The molecule has 2 atom stereocenters. The largest absolute Gasteiger partial charge is 0.0848 e. The standard InChI is InChI=1S/C11H18/c1-9-6-7-10-4-2-3-5-11(10)8-9/h7,9,11H,2-6,8H2,1H3. The van der Waals surface area contributed by atoms with Crippen LogP contribution in [0.2, 0.25) is 0 Å². The summed E-state index contributed by atoms with van der Waals surface area (Å²) in [4.78, 5) is 0. The second kappa shape index (κ2) is 3.00. The van der Waals surface area contributed by atoms with Crippen molar-refractivity contribution in [3.8, 4) is 0 Å². The highest BCUT2D eigenvalue weighted by molar-refractivity contribution is 5.12. The molecule has 11 heavy (non-hydrogen) atoms. The highest BCUT2D eigenvalue weighted by Gasteiger charge is 2.23. The predicted octanol–water partition coefficient (Wildman–Crippen LogP) is 3.53. The highest BCUT2D eigenvalue weighted by Crippen LogP contribution is 2.38. The molecule has 2 unspecified atom stereocenters. The molecule has 0 bridgehead atoms. The number of allylic oxidation sites excluding steroid dienone is 2. The van der Waals surface area contributed by atoms with Crippen LogP contribution in [0.4, 0.5) is 0 Å². The van der Waals surface area contributed by atoms with Crippen molar-refractivity contribution < 1.29 is 0 Å². The normalized spacial score (nSPS) is 37.7. The molecule has 0 aromatic carbocycles. The second-order valence-corrected chi connectivity index (χ2v) is 4.30. The van der Waals surface area contributed by atoms with Crippen LogP contribution in [0.5, 0.6) is 0 Å². The summed E-state index contributed by atoms with van der Waals surface area (Å²) < 4.78 is 0. The highest BCUT2D eigenvalue weighted by atomic mass is 14.3. The SMILES string of the molecule is CC1CC=C2CCCCC2C1. The Bertz CT molecular complexity index is 167. The van der Waals surface area contributed by atoms with Crippen LogP contribution in [0.3, 0.4) is 0 Å². The Hall–Kier alpha value is -0.260. The minimum Gasteiger partial charge on any atom is -0.0848 e. The van der Waals surface area contributed by atoms with Crippen LogP contribution >= 0.6 is 0 Å². The molecule has 0 radical (unpaired) electrons. The smallest absolute Gasteiger partial charge is 0.0201 e. The molecule has 0 saturated heterocycles. The van der Waals surface area contributed by atoms with Gasteiger partial charge in [0, 0.05) is 0 Å². The lowest BCUT2D eigenvalue weighted by atomic mass is 9.74. The number of hydrogen-bond acceptors (Lipinski definition) is 0. The number of rotatable bonds is 0. The first kappa shape index (κ1) is 7.39. The fourth-order valence-electron chi connectivity index (χ4n) is 2.58. The molecule has 0 aliphatic heterocycles. The Morgan fingerprint density at radius 2 is 2.27 bits per heavy atom. The van der Waals surface area contributed by atoms with Gasteiger partial charge in [0.05, 0.1) is 0 Å². The fraction of sp³-hybridized carbons (Fsp3) is 0.818. The zero-order valence-electron chi connectivity index (χ0n) is 7.47. The maximum atomic E-state index is 2.53. The van der Waals surface area contributed by atoms with Gasteiger partial charge < -0.3 is 0 Å². The molecule has 1 saturated carbocycles. The van der Waals surface area contributed by atoms with E-state index in [2.05, 4.69) is 13.0 Å². The molecule has 0 N–H and O–H groups in total. The first-order valence-electron chi connectivity index (χ1n) is 5.05. The molecule has 62 valence electrons. The number of hydrogen-bond donors (Lipinski definition) is 0. The van der Waals surface area contributed by atoms with Gasteiger partial charge in [-0.2, -0.15) is 0 Å². The lowest BCUT2D eigenvalue weighted by molar-refractivity contribution is 0.344. The van der Waals surface area contributed by atoms with E-state index in [-0.39, 0.29) is 0 Å². The van der Waals surface area contributed by atoms with E-state index in [0.29, 0.717) is 0 Å². The summed E-state index contributed by atoms with van der Waals surface area (Å²) in [5, 5.41) is 0. The van der Waals surface area contributed by atoms with Crippen LogP contribution in [0.1, 0.15) is 45.4 Å². The predicted molar refractivity (Wildman–Crippen MR) is 48.4 cm³/mol. The zero-order valence-corrected chi connectivity index (χ0v) is 7.47. The molecule has 1 fully saturated rings. The first-order valence-corrected chi connectivity index (χ1v) is 5.05. The lowest BCUT2D eigenvalue weighted by Crippen LogP contribution is -2.17. The van der Waals surface area contributed by atoms with Crippen LogP contribution in [-0.2, 0) is 0 Å². The average Bonchev–Trinajstić information content (AvgIpc) is 2.04. The van der Waals surface area contributed by atoms with Gasteiger partial charge in [-0.25, -0.2) is 0 Å². The maximum Gasteiger partial charge on any atom is -0.0201 e. The van der Waals surface area contributed by atoms with Crippen LogP contribution in [0.25, 0.3) is 0 Å². The van der Waals surface area contributed by atoms with Crippen LogP contribution in [0.15, 0.2) is 11.6 Å². The van der Waals surface area contributed by atoms with E-state index >= 15 is 0 Å². The third-order valence-electron chi connectivity index (χ3n) is 3.26. The summed E-state index contributed by atoms with van der Waals surface area (Å²) >= 11 is 0. The van der Waals surface area contributed by atoms with Crippen molar-refractivity contribution in [1.29, 1.82) is 0 Å². The summed E-state index contributed by atoms with van der Waals surface area (Å²) in [7, 11) is 0. The molecule has 2 aliphatic rings. The Labute approximate surface area is 69.7 Å². The molecule has 0 aromatic rings. The van der Waals surface area contributed by atoms with E-state index < -0.39 is 0 Å². The molecule has 0 spiro atoms. The lowest BCUT2D eigenvalue weighted by Gasteiger charge is -2.31. The zero-order chi connectivity index (χ0) is 7.68. The third kappa shape index (κ3) is 1.50. The molecule has 0 nitrogen and oxygen atoms in total. The van der Waals surface area contributed by atoms with Gasteiger partial charge >= 0.3 is 0 Å². The van der Waals surface area contributed by atoms with E-state index in [1.54, 1.807) is 5.57 Å². The first-order chi connectivity index (χ1) is 5.36. The molecule has 2 aliphatic carbocycles. The Balaban J connectivity index is 2.08. The van der Waals surface area contributed by atoms with E-state index in [4.69, 9.17) is 0 Å². The van der Waals surface area contributed by atoms with Crippen molar-refractivity contribution in [2.75, 3.05) is 0 Å². The molecular weight excluding hydrogens is 132 g/mol. The van der Waals surface area contributed by atoms with Gasteiger partial charge in [0.2, 0.25) is 0 Å². The quantitative estimate of drug-likeness (QED) is 0.463. The summed E-state index contributed by atoms with van der Waals surface area (Å²) in [6, 6.07) is 0. The van der Waals surface area contributed by atoms with Crippen LogP contribution in [0, 0.1) is 11.8 Å². The summed E-state index contributed by atoms with van der Waals surface area (Å²) in [5.41, 5.74) is 1.80. The summed E-state index contributed by atoms with van der Waals surface area (Å²) in [5.74, 6) is 1.95. The molecule has 2 rings (SSSR count). The maximum absolute atomic E-state index is 2.53. The Morgan fingerprint density at radius 3 is 3.18 bits per heavy atom. The van der Waals surface area contributed by atoms with Gasteiger partial charge in [-0.15, -0.1) is 0 Å². The van der Waals surface area contributed by atoms with Crippen LogP contribution < -0.4 is 0 Å². The van der Waals surface area contributed by atoms with Crippen molar-refractivity contribution in [2.45, 2.75) is 45.4 Å². The van der Waals surface area contributed by atoms with Gasteiger partial charge in [0.1, 0.15) is 0 Å². The topological polar surface area (TPSA) is 0 Å². The summed E-state index contributed by atoms with van der Waals surface area (Å²) in [6.45, 7) is 2.39. The molecule has 0 heteroatoms. The van der Waals surface area contributed by atoms with Crippen molar-refractivity contribution in [3.63, 3.8) is 0 Å². The molecule has 0 amide bonds. The van der Waals surface area contributed by atoms with Gasteiger partial charge in [-0.05, 0) is 43.9 Å². The van der Waals surface area contributed by atoms with Crippen molar-refractivity contribution >= 4 is 0 Å². The average molecular weight is 150 g/mol. The van der Waals surface area contributed by atoms with E-state index in [0.717, 1.165) is 11.8 Å². The number of fused-ring (bicyclic) bond motifs is 1. The molecular formula is C11H18. The van der Waals surface area contributed by atoms with Gasteiger partial charge in [-0.1, -0.05) is 25.0 Å². The van der Waals surface area contributed by atoms with E-state index in [1.807, 2.05) is 0 Å². The monoisotopic (exact) mass is 150 g/mol. The van der Waals surface area contributed by atoms with E-state index in [9.17, 15) is 0 Å². The van der Waals surface area contributed by atoms with Gasteiger partial charge in [0.15, 0.2) is 0 Å². The van der Waals surface area contributed by atoms with Crippen molar-refractivity contribution in [1.82, 2.24) is 0 Å². The van der Waals surface area contributed by atoms with Crippen LogP contribution in [-0.4, -0.2) is 0 Å². The minimum absolute atomic E-state index is 0.960. The Kier molecular flexibility index (Phi) is 2.02. The van der Waals surface area contributed by atoms with Crippen molar-refractivity contribution in [3.05, 3.63) is 11.6 Å². The third-order valence-corrected chi connectivity index (χ3v) is 3.26. The molecule has 0 aromatic heterocycles.